The van der Waals surface area contributed by atoms with Crippen molar-refractivity contribution in [2.75, 3.05) is 7.11 Å². The Hall–Kier alpha value is -1.39. The van der Waals surface area contributed by atoms with Gasteiger partial charge in [-0.05, 0) is 61.2 Å². The topological polar surface area (TPSA) is 35.2 Å². The van der Waals surface area contributed by atoms with E-state index >= 15 is 0 Å². The first-order chi connectivity index (χ1) is 9.86. The molecule has 0 aromatic heterocycles. The van der Waals surface area contributed by atoms with Gasteiger partial charge in [0, 0.05) is 10.0 Å². The zero-order valence-electron chi connectivity index (χ0n) is 12.6. The molecule has 0 aliphatic carbocycles. The molecule has 2 rings (SSSR count). The van der Waals surface area contributed by atoms with Gasteiger partial charge in [-0.1, -0.05) is 22.0 Å². The van der Waals surface area contributed by atoms with Gasteiger partial charge in [-0.25, -0.2) is 4.39 Å². The number of methoxy groups -OCH3 is 1. The minimum Gasteiger partial charge on any atom is -0.496 e. The van der Waals surface area contributed by atoms with Crippen LogP contribution < -0.4 is 10.5 Å². The second kappa shape index (κ2) is 6.16. The Bertz CT molecular complexity index is 685. The molecule has 0 spiro atoms. The highest BCUT2D eigenvalue weighted by atomic mass is 79.9. The molecule has 0 saturated heterocycles. The lowest BCUT2D eigenvalue weighted by Crippen LogP contribution is -2.17. The monoisotopic (exact) mass is 351 g/mol. The Morgan fingerprint density at radius 2 is 1.81 bits per heavy atom. The van der Waals surface area contributed by atoms with Crippen molar-refractivity contribution in [3.8, 4) is 5.75 Å². The van der Waals surface area contributed by atoms with E-state index in [1.165, 1.54) is 12.1 Å². The lowest BCUT2D eigenvalue weighted by molar-refractivity contribution is 0.404. The van der Waals surface area contributed by atoms with E-state index in [9.17, 15) is 4.39 Å². The Morgan fingerprint density at radius 1 is 1.14 bits per heavy atom. The Morgan fingerprint density at radius 3 is 2.38 bits per heavy atom. The molecule has 1 unspecified atom stereocenters. The summed E-state index contributed by atoms with van der Waals surface area (Å²) in [7, 11) is 1.64. The first-order valence-corrected chi connectivity index (χ1v) is 7.51. The maximum Gasteiger partial charge on any atom is 0.127 e. The number of hydrogen-bond acceptors (Lipinski definition) is 2. The zero-order chi connectivity index (χ0) is 15.7. The smallest absolute Gasteiger partial charge is 0.127 e. The molecule has 1 atom stereocenters. The lowest BCUT2D eigenvalue weighted by atomic mass is 9.90. The lowest BCUT2D eigenvalue weighted by Gasteiger charge is -2.22. The van der Waals surface area contributed by atoms with Crippen LogP contribution in [0.4, 0.5) is 4.39 Å². The third-order valence-corrected chi connectivity index (χ3v) is 4.61. The van der Waals surface area contributed by atoms with Gasteiger partial charge in [-0.15, -0.1) is 0 Å². The minimum atomic E-state index is -0.364. The van der Waals surface area contributed by atoms with Gasteiger partial charge in [0.2, 0.25) is 0 Å². The summed E-state index contributed by atoms with van der Waals surface area (Å²) in [6, 6.07) is 6.33. The third-order valence-electron chi connectivity index (χ3n) is 3.79. The molecule has 0 aliphatic rings. The standard InChI is InChI=1S/C17H19BrFNO/c1-9-7-12(19)5-6-13(9)16(20)15-11(3)14(18)8-10(2)17(15)21-4/h5-8,16H,20H2,1-4H3. The predicted octanol–water partition coefficient (Wildman–Crippen LogP) is 4.57. The first kappa shape index (κ1) is 16.0. The van der Waals surface area contributed by atoms with Crippen LogP contribution in [-0.4, -0.2) is 7.11 Å². The van der Waals surface area contributed by atoms with Crippen molar-refractivity contribution in [1.82, 2.24) is 0 Å². The van der Waals surface area contributed by atoms with Crippen LogP contribution in [0.3, 0.4) is 0 Å². The average molecular weight is 352 g/mol. The molecular formula is C17H19BrFNO. The molecule has 0 bridgehead atoms. The van der Waals surface area contributed by atoms with Crippen molar-refractivity contribution in [2.24, 2.45) is 5.73 Å². The molecule has 2 nitrogen and oxygen atoms in total. The average Bonchev–Trinajstić information content (AvgIpc) is 2.41. The van der Waals surface area contributed by atoms with Crippen molar-refractivity contribution in [3.63, 3.8) is 0 Å². The van der Waals surface area contributed by atoms with Gasteiger partial charge in [-0.3, -0.25) is 0 Å². The number of halogens is 2. The van der Waals surface area contributed by atoms with Gasteiger partial charge in [0.05, 0.1) is 13.2 Å². The molecule has 2 aromatic rings. The summed E-state index contributed by atoms with van der Waals surface area (Å²) in [5, 5.41) is 0. The number of benzene rings is 2. The summed E-state index contributed by atoms with van der Waals surface area (Å²) >= 11 is 3.56. The summed E-state index contributed by atoms with van der Waals surface area (Å²) in [5.41, 5.74) is 11.2. The molecule has 0 radical (unpaired) electrons. The van der Waals surface area contributed by atoms with Gasteiger partial charge in [0.15, 0.2) is 0 Å². The second-order valence-corrected chi connectivity index (χ2v) is 6.08. The molecule has 0 heterocycles. The van der Waals surface area contributed by atoms with Crippen LogP contribution in [0.5, 0.6) is 5.75 Å². The Labute approximate surface area is 133 Å². The van der Waals surface area contributed by atoms with E-state index in [0.29, 0.717) is 0 Å². The quantitative estimate of drug-likeness (QED) is 0.878. The van der Waals surface area contributed by atoms with Gasteiger partial charge < -0.3 is 10.5 Å². The number of ether oxygens (including phenoxy) is 1. The van der Waals surface area contributed by atoms with E-state index < -0.39 is 0 Å². The van der Waals surface area contributed by atoms with E-state index in [4.69, 9.17) is 10.5 Å². The van der Waals surface area contributed by atoms with Crippen molar-refractivity contribution in [2.45, 2.75) is 26.8 Å². The van der Waals surface area contributed by atoms with Crippen LogP contribution in [0.1, 0.15) is 33.9 Å². The van der Waals surface area contributed by atoms with Crippen LogP contribution in [0, 0.1) is 26.6 Å². The van der Waals surface area contributed by atoms with Crippen molar-refractivity contribution >= 4 is 15.9 Å². The largest absolute Gasteiger partial charge is 0.496 e. The summed E-state index contributed by atoms with van der Waals surface area (Å²) in [5.74, 6) is 0.532. The maximum atomic E-state index is 13.3. The fourth-order valence-corrected chi connectivity index (χ4v) is 3.22. The summed E-state index contributed by atoms with van der Waals surface area (Å²) in [6.07, 6.45) is 0. The zero-order valence-corrected chi connectivity index (χ0v) is 14.2. The maximum absolute atomic E-state index is 13.3. The van der Waals surface area contributed by atoms with E-state index in [-0.39, 0.29) is 11.9 Å². The van der Waals surface area contributed by atoms with Crippen LogP contribution in [0.2, 0.25) is 0 Å². The predicted molar refractivity (Wildman–Crippen MR) is 87.3 cm³/mol. The normalized spacial score (nSPS) is 12.3. The van der Waals surface area contributed by atoms with Gasteiger partial charge >= 0.3 is 0 Å². The van der Waals surface area contributed by atoms with Gasteiger partial charge in [-0.2, -0.15) is 0 Å². The fourth-order valence-electron chi connectivity index (χ4n) is 2.66. The molecule has 112 valence electrons. The van der Waals surface area contributed by atoms with E-state index in [0.717, 1.165) is 38.0 Å². The van der Waals surface area contributed by atoms with Gasteiger partial charge in [0.1, 0.15) is 11.6 Å². The number of rotatable bonds is 3. The SMILES string of the molecule is COc1c(C)cc(Br)c(C)c1C(N)c1ccc(F)cc1C. The van der Waals surface area contributed by atoms with Crippen molar-refractivity contribution < 1.29 is 9.13 Å². The van der Waals surface area contributed by atoms with Crippen LogP contribution >= 0.6 is 15.9 Å². The molecule has 21 heavy (non-hydrogen) atoms. The number of hydrogen-bond donors (Lipinski definition) is 1. The van der Waals surface area contributed by atoms with E-state index in [2.05, 4.69) is 15.9 Å². The highest BCUT2D eigenvalue weighted by Gasteiger charge is 2.21. The summed E-state index contributed by atoms with van der Waals surface area (Å²) in [6.45, 7) is 5.85. The minimum absolute atomic E-state index is 0.252. The number of nitrogens with two attached hydrogens (primary N) is 1. The molecular weight excluding hydrogens is 333 g/mol. The molecule has 2 aromatic carbocycles. The summed E-state index contributed by atoms with van der Waals surface area (Å²) in [4.78, 5) is 0. The molecule has 0 fully saturated rings. The Kier molecular flexibility index (Phi) is 4.69. The molecule has 0 amide bonds. The first-order valence-electron chi connectivity index (χ1n) is 6.72. The Balaban J connectivity index is 2.65. The highest BCUT2D eigenvalue weighted by Crippen LogP contribution is 2.38. The van der Waals surface area contributed by atoms with Crippen LogP contribution in [0.25, 0.3) is 0 Å². The van der Waals surface area contributed by atoms with Gasteiger partial charge in [0.25, 0.3) is 0 Å². The van der Waals surface area contributed by atoms with Crippen LogP contribution in [0.15, 0.2) is 28.7 Å². The molecule has 4 heteroatoms. The highest BCUT2D eigenvalue weighted by molar-refractivity contribution is 9.10. The van der Waals surface area contributed by atoms with Crippen molar-refractivity contribution in [3.05, 3.63) is 62.4 Å². The second-order valence-electron chi connectivity index (χ2n) is 5.23. The molecule has 0 saturated carbocycles. The van der Waals surface area contributed by atoms with E-state index in [1.807, 2.05) is 26.8 Å². The molecule has 2 N–H and O–H groups in total. The summed E-state index contributed by atoms with van der Waals surface area (Å²) < 4.78 is 19.8. The third kappa shape index (κ3) is 2.97. The van der Waals surface area contributed by atoms with Crippen molar-refractivity contribution in [1.29, 1.82) is 0 Å². The molecule has 0 aliphatic heterocycles. The number of aryl methyl sites for hydroxylation is 2. The van der Waals surface area contributed by atoms with E-state index in [1.54, 1.807) is 13.2 Å². The fraction of sp³-hybridized carbons (Fsp3) is 0.294. The van der Waals surface area contributed by atoms with Crippen LogP contribution in [-0.2, 0) is 0 Å².